The van der Waals surface area contributed by atoms with Crippen molar-refractivity contribution in [1.82, 2.24) is 5.32 Å². The smallest absolute Gasteiger partial charge is 0.198 e. The largest absolute Gasteiger partial charge is 0.453 e. The molecule has 2 nitrogen and oxygen atoms in total. The van der Waals surface area contributed by atoms with E-state index in [1.54, 1.807) is 6.26 Å². The van der Waals surface area contributed by atoms with Crippen LogP contribution in [0.3, 0.4) is 0 Å². The molecule has 1 heterocycles. The first-order valence-corrected chi connectivity index (χ1v) is 6.19. The molecule has 0 spiro atoms. The molecule has 1 aromatic carbocycles. The van der Waals surface area contributed by atoms with Gasteiger partial charge in [-0.3, -0.25) is 0 Å². The summed E-state index contributed by atoms with van der Waals surface area (Å²) in [4.78, 5) is 0. The minimum atomic E-state index is 0.0310. The van der Waals surface area contributed by atoms with Gasteiger partial charge in [0.15, 0.2) is 5.22 Å². The van der Waals surface area contributed by atoms with Crippen LogP contribution in [0.2, 0.25) is 10.2 Å². The van der Waals surface area contributed by atoms with E-state index in [0.717, 1.165) is 22.7 Å². The van der Waals surface area contributed by atoms with Gasteiger partial charge in [-0.15, -0.1) is 0 Å². The van der Waals surface area contributed by atoms with Gasteiger partial charge in [0.1, 0.15) is 0 Å². The van der Waals surface area contributed by atoms with Crippen molar-refractivity contribution in [1.29, 1.82) is 0 Å². The van der Waals surface area contributed by atoms with Gasteiger partial charge in [0, 0.05) is 10.6 Å². The van der Waals surface area contributed by atoms with E-state index in [2.05, 4.69) is 12.2 Å². The van der Waals surface area contributed by atoms with Gasteiger partial charge in [0.25, 0.3) is 0 Å². The van der Waals surface area contributed by atoms with Gasteiger partial charge in [0.2, 0.25) is 0 Å². The molecule has 0 radical (unpaired) electrons. The first kappa shape index (κ1) is 12.5. The van der Waals surface area contributed by atoms with Crippen LogP contribution in [0.5, 0.6) is 0 Å². The fourth-order valence-corrected chi connectivity index (χ4v) is 2.13. The number of rotatable bonds is 4. The SMILES string of the molecule is CCNC(c1ccc(Cl)cc1)c1ccoc1Cl. The molecule has 4 heteroatoms. The zero-order chi connectivity index (χ0) is 12.3. The molecule has 0 amide bonds. The van der Waals surface area contributed by atoms with E-state index in [9.17, 15) is 0 Å². The van der Waals surface area contributed by atoms with Gasteiger partial charge in [-0.25, -0.2) is 0 Å². The summed E-state index contributed by atoms with van der Waals surface area (Å²) >= 11 is 11.9. The Bertz CT molecular complexity index is 478. The molecule has 2 aromatic rings. The number of benzene rings is 1. The van der Waals surface area contributed by atoms with Crippen LogP contribution in [0.15, 0.2) is 41.0 Å². The quantitative estimate of drug-likeness (QED) is 0.896. The third-order valence-electron chi connectivity index (χ3n) is 2.57. The Balaban J connectivity index is 2.35. The summed E-state index contributed by atoms with van der Waals surface area (Å²) in [5.41, 5.74) is 2.05. The molecular weight excluding hydrogens is 257 g/mol. The van der Waals surface area contributed by atoms with Crippen molar-refractivity contribution in [2.24, 2.45) is 0 Å². The van der Waals surface area contributed by atoms with Crippen LogP contribution in [0.1, 0.15) is 24.1 Å². The van der Waals surface area contributed by atoms with Crippen LogP contribution in [-0.4, -0.2) is 6.54 Å². The lowest BCUT2D eigenvalue weighted by molar-refractivity contribution is 0.555. The molecule has 1 unspecified atom stereocenters. The highest BCUT2D eigenvalue weighted by atomic mass is 35.5. The molecule has 0 aliphatic rings. The monoisotopic (exact) mass is 269 g/mol. The average Bonchev–Trinajstić information content (AvgIpc) is 2.74. The molecule has 0 aliphatic heterocycles. The predicted octanol–water partition coefficient (Wildman–Crippen LogP) is 4.29. The van der Waals surface area contributed by atoms with Gasteiger partial charge in [-0.2, -0.15) is 0 Å². The van der Waals surface area contributed by atoms with Crippen molar-refractivity contribution >= 4 is 23.2 Å². The lowest BCUT2D eigenvalue weighted by atomic mass is 10.0. The third kappa shape index (κ3) is 2.83. The van der Waals surface area contributed by atoms with E-state index in [-0.39, 0.29) is 6.04 Å². The maximum absolute atomic E-state index is 6.02. The summed E-state index contributed by atoms with van der Waals surface area (Å²) in [5.74, 6) is 0. The van der Waals surface area contributed by atoms with Crippen molar-refractivity contribution in [3.05, 3.63) is 58.0 Å². The van der Waals surface area contributed by atoms with E-state index in [0.29, 0.717) is 5.22 Å². The van der Waals surface area contributed by atoms with Crippen LogP contribution in [-0.2, 0) is 0 Å². The van der Waals surface area contributed by atoms with E-state index < -0.39 is 0 Å². The average molecular weight is 270 g/mol. The summed E-state index contributed by atoms with van der Waals surface area (Å²) in [6, 6.07) is 9.62. The highest BCUT2D eigenvalue weighted by molar-refractivity contribution is 6.30. The Morgan fingerprint density at radius 2 is 1.88 bits per heavy atom. The molecule has 2 rings (SSSR count). The predicted molar refractivity (Wildman–Crippen MR) is 70.7 cm³/mol. The molecule has 17 heavy (non-hydrogen) atoms. The van der Waals surface area contributed by atoms with Crippen LogP contribution in [0.4, 0.5) is 0 Å². The highest BCUT2D eigenvalue weighted by Crippen LogP contribution is 2.29. The minimum Gasteiger partial charge on any atom is -0.453 e. The van der Waals surface area contributed by atoms with Crippen LogP contribution in [0, 0.1) is 0 Å². The van der Waals surface area contributed by atoms with Gasteiger partial charge < -0.3 is 9.73 Å². The molecule has 1 atom stereocenters. The van der Waals surface area contributed by atoms with Gasteiger partial charge in [-0.05, 0) is 41.9 Å². The lowest BCUT2D eigenvalue weighted by Crippen LogP contribution is -2.21. The Morgan fingerprint density at radius 3 is 2.41 bits per heavy atom. The zero-order valence-electron chi connectivity index (χ0n) is 9.41. The van der Waals surface area contributed by atoms with E-state index in [1.165, 1.54) is 0 Å². The number of halogens is 2. The molecule has 0 aliphatic carbocycles. The number of nitrogens with one attached hydrogen (secondary N) is 1. The number of furan rings is 1. The van der Waals surface area contributed by atoms with Gasteiger partial charge >= 0.3 is 0 Å². The van der Waals surface area contributed by atoms with E-state index in [1.807, 2.05) is 30.3 Å². The van der Waals surface area contributed by atoms with Crippen LogP contribution >= 0.6 is 23.2 Å². The number of hydrogen-bond donors (Lipinski definition) is 1. The van der Waals surface area contributed by atoms with Crippen LogP contribution < -0.4 is 5.32 Å². The second-order valence-corrected chi connectivity index (χ2v) is 4.47. The molecule has 1 N–H and O–H groups in total. The van der Waals surface area contributed by atoms with Crippen molar-refractivity contribution < 1.29 is 4.42 Å². The Morgan fingerprint density at radius 1 is 1.18 bits per heavy atom. The van der Waals surface area contributed by atoms with E-state index >= 15 is 0 Å². The second-order valence-electron chi connectivity index (χ2n) is 3.69. The minimum absolute atomic E-state index is 0.0310. The fraction of sp³-hybridized carbons (Fsp3) is 0.231. The second kappa shape index (κ2) is 5.58. The van der Waals surface area contributed by atoms with Gasteiger partial charge in [-0.1, -0.05) is 30.7 Å². The van der Waals surface area contributed by atoms with E-state index in [4.69, 9.17) is 27.6 Å². The summed E-state index contributed by atoms with van der Waals surface area (Å²) in [6.07, 6.45) is 1.60. The first-order valence-electron chi connectivity index (χ1n) is 5.44. The molecule has 90 valence electrons. The summed E-state index contributed by atoms with van der Waals surface area (Å²) in [5, 5.41) is 4.52. The Hall–Kier alpha value is -0.960. The highest BCUT2D eigenvalue weighted by Gasteiger charge is 2.17. The van der Waals surface area contributed by atoms with Crippen molar-refractivity contribution in [2.45, 2.75) is 13.0 Å². The Labute approximate surface area is 111 Å². The van der Waals surface area contributed by atoms with Crippen LogP contribution in [0.25, 0.3) is 0 Å². The zero-order valence-corrected chi connectivity index (χ0v) is 10.9. The summed E-state index contributed by atoms with van der Waals surface area (Å²) in [6.45, 7) is 2.89. The molecular formula is C13H13Cl2NO. The lowest BCUT2D eigenvalue weighted by Gasteiger charge is -2.17. The third-order valence-corrected chi connectivity index (χ3v) is 3.13. The summed E-state index contributed by atoms with van der Waals surface area (Å²) in [7, 11) is 0. The van der Waals surface area contributed by atoms with Crippen molar-refractivity contribution in [3.8, 4) is 0 Å². The Kier molecular flexibility index (Phi) is 4.11. The standard InChI is InChI=1S/C13H13Cl2NO/c1-2-16-12(11-7-8-17-13(11)15)9-3-5-10(14)6-4-9/h3-8,12,16H,2H2,1H3. The van der Waals surface area contributed by atoms with Crippen molar-refractivity contribution in [3.63, 3.8) is 0 Å². The molecule has 0 saturated carbocycles. The van der Waals surface area contributed by atoms with Crippen molar-refractivity contribution in [2.75, 3.05) is 6.54 Å². The normalized spacial score (nSPS) is 12.6. The molecule has 1 aromatic heterocycles. The fourth-order valence-electron chi connectivity index (χ4n) is 1.78. The van der Waals surface area contributed by atoms with Gasteiger partial charge in [0.05, 0.1) is 12.3 Å². The first-order chi connectivity index (χ1) is 8.22. The number of hydrogen-bond acceptors (Lipinski definition) is 2. The maximum Gasteiger partial charge on any atom is 0.198 e. The molecule has 0 saturated heterocycles. The molecule has 0 fully saturated rings. The maximum atomic E-state index is 6.02. The summed E-state index contributed by atoms with van der Waals surface area (Å²) < 4.78 is 5.14. The topological polar surface area (TPSA) is 25.2 Å². The molecule has 0 bridgehead atoms.